The molecular weight excluding hydrogens is 454 g/mol. The molecule has 2 amide bonds. The first kappa shape index (κ1) is 26.3. The number of nitrogens with one attached hydrogen (secondary N) is 2. The smallest absolute Gasteiger partial charge is 0.227 e. The highest BCUT2D eigenvalue weighted by atomic mass is 16.5. The van der Waals surface area contributed by atoms with Gasteiger partial charge in [-0.25, -0.2) is 0 Å². The Bertz CT molecular complexity index is 995. The van der Waals surface area contributed by atoms with Crippen molar-refractivity contribution in [2.24, 2.45) is 0 Å². The number of rotatable bonds is 9. The van der Waals surface area contributed by atoms with E-state index in [-0.39, 0.29) is 18.2 Å². The summed E-state index contributed by atoms with van der Waals surface area (Å²) >= 11 is 0. The number of aryl methyl sites for hydroxylation is 1. The molecule has 1 aliphatic carbocycles. The number of likely N-dealkylation sites (tertiary alicyclic amines) is 1. The second-order valence-corrected chi connectivity index (χ2v) is 10.6. The zero-order valence-electron chi connectivity index (χ0n) is 21.9. The van der Waals surface area contributed by atoms with Crippen LogP contribution in [0.1, 0.15) is 101 Å². The van der Waals surface area contributed by atoms with E-state index in [0.29, 0.717) is 30.7 Å². The molecule has 8 heteroatoms. The van der Waals surface area contributed by atoms with Crippen LogP contribution in [0.25, 0.3) is 0 Å². The van der Waals surface area contributed by atoms with Crippen molar-refractivity contribution in [3.8, 4) is 0 Å². The highest BCUT2D eigenvalue weighted by molar-refractivity contribution is 5.76. The summed E-state index contributed by atoms with van der Waals surface area (Å²) in [5.74, 6) is 0.836. The lowest BCUT2D eigenvalue weighted by atomic mass is 9.89. The zero-order valence-corrected chi connectivity index (χ0v) is 21.9. The second-order valence-electron chi connectivity index (χ2n) is 10.6. The molecule has 1 unspecified atom stereocenters. The van der Waals surface area contributed by atoms with E-state index >= 15 is 0 Å². The molecule has 2 heterocycles. The van der Waals surface area contributed by atoms with Crippen LogP contribution in [-0.4, -0.2) is 39.4 Å². The molecule has 2 N–H and O–H groups in total. The van der Waals surface area contributed by atoms with Crippen LogP contribution in [-0.2, 0) is 34.6 Å². The van der Waals surface area contributed by atoms with Crippen LogP contribution in [0.3, 0.4) is 0 Å². The third-order valence-corrected chi connectivity index (χ3v) is 7.67. The first-order valence-electron chi connectivity index (χ1n) is 13.6. The largest absolute Gasteiger partial charge is 0.352 e. The number of piperidine rings is 1. The Balaban J connectivity index is 1.24. The molecule has 36 heavy (non-hydrogen) atoms. The Morgan fingerprint density at radius 2 is 1.78 bits per heavy atom. The fourth-order valence-corrected chi connectivity index (χ4v) is 5.52. The van der Waals surface area contributed by atoms with E-state index in [2.05, 4.69) is 56.9 Å². The summed E-state index contributed by atoms with van der Waals surface area (Å²) in [6.45, 7) is 6.51. The standard InChI is InChI=1S/C28H41N5O3/c1-21-9-5-8-18-33(21)20-24-12-10-23(11-13-24)19-29-25(35)14-15-26-30-27(32-36-26)28(31-22(2)34)16-6-3-4-7-17-28/h10-13,21H,3-9,14-20H2,1-2H3,(H,29,35)(H,31,34). The fourth-order valence-electron chi connectivity index (χ4n) is 5.52. The third-order valence-electron chi connectivity index (χ3n) is 7.67. The summed E-state index contributed by atoms with van der Waals surface area (Å²) in [6, 6.07) is 9.18. The van der Waals surface area contributed by atoms with E-state index < -0.39 is 5.54 Å². The van der Waals surface area contributed by atoms with Crippen molar-refractivity contribution in [3.63, 3.8) is 0 Å². The monoisotopic (exact) mass is 495 g/mol. The highest BCUT2D eigenvalue weighted by Gasteiger charge is 2.38. The van der Waals surface area contributed by atoms with Gasteiger partial charge in [0, 0.05) is 38.9 Å². The summed E-state index contributed by atoms with van der Waals surface area (Å²) < 4.78 is 5.47. The first-order valence-corrected chi connectivity index (χ1v) is 13.6. The number of carbonyl (C=O) groups is 2. The van der Waals surface area contributed by atoms with Gasteiger partial charge < -0.3 is 15.2 Å². The maximum atomic E-state index is 12.5. The molecule has 1 atom stereocenters. The molecule has 2 fully saturated rings. The van der Waals surface area contributed by atoms with Crippen molar-refractivity contribution in [3.05, 3.63) is 47.1 Å². The van der Waals surface area contributed by atoms with E-state index in [1.807, 2.05) is 0 Å². The van der Waals surface area contributed by atoms with Crippen LogP contribution in [0.4, 0.5) is 0 Å². The van der Waals surface area contributed by atoms with Gasteiger partial charge in [0.1, 0.15) is 5.54 Å². The van der Waals surface area contributed by atoms with Gasteiger partial charge in [0.25, 0.3) is 0 Å². The summed E-state index contributed by atoms with van der Waals surface area (Å²) in [5.41, 5.74) is 1.84. The van der Waals surface area contributed by atoms with E-state index in [1.54, 1.807) is 0 Å². The number of aromatic nitrogens is 2. The van der Waals surface area contributed by atoms with E-state index in [4.69, 9.17) is 4.52 Å². The van der Waals surface area contributed by atoms with E-state index in [9.17, 15) is 9.59 Å². The predicted octanol–water partition coefficient (Wildman–Crippen LogP) is 4.38. The lowest BCUT2D eigenvalue weighted by Crippen LogP contribution is -2.45. The SMILES string of the molecule is CC(=O)NC1(c2noc(CCC(=O)NCc3ccc(CN4CCCCC4C)cc3)n2)CCCCCC1. The average Bonchev–Trinajstić information content (AvgIpc) is 3.23. The summed E-state index contributed by atoms with van der Waals surface area (Å²) in [5, 5.41) is 10.3. The Hall–Kier alpha value is -2.74. The molecule has 8 nitrogen and oxygen atoms in total. The van der Waals surface area contributed by atoms with Crippen LogP contribution < -0.4 is 10.6 Å². The minimum absolute atomic E-state index is 0.0491. The summed E-state index contributed by atoms with van der Waals surface area (Å²) in [6.07, 6.45) is 10.5. The van der Waals surface area contributed by atoms with Crippen molar-refractivity contribution in [1.82, 2.24) is 25.7 Å². The van der Waals surface area contributed by atoms with Gasteiger partial charge in [-0.05, 0) is 50.3 Å². The molecule has 2 aliphatic rings. The molecule has 1 aromatic heterocycles. The van der Waals surface area contributed by atoms with Gasteiger partial charge in [-0.15, -0.1) is 0 Å². The topological polar surface area (TPSA) is 100 Å². The fraction of sp³-hybridized carbons (Fsp3) is 0.643. The van der Waals surface area contributed by atoms with Crippen LogP contribution in [0, 0.1) is 0 Å². The molecular formula is C28H41N5O3. The minimum atomic E-state index is -0.565. The van der Waals surface area contributed by atoms with E-state index in [1.165, 1.54) is 38.3 Å². The average molecular weight is 496 g/mol. The number of benzene rings is 1. The number of hydrogen-bond donors (Lipinski definition) is 2. The predicted molar refractivity (Wildman–Crippen MR) is 138 cm³/mol. The quantitative estimate of drug-likeness (QED) is 0.501. The molecule has 0 spiro atoms. The molecule has 2 aromatic rings. The van der Waals surface area contributed by atoms with Gasteiger partial charge in [0.15, 0.2) is 5.82 Å². The lowest BCUT2D eigenvalue weighted by molar-refractivity contribution is -0.122. The number of amides is 2. The van der Waals surface area contributed by atoms with Crippen molar-refractivity contribution in [2.45, 2.75) is 109 Å². The maximum Gasteiger partial charge on any atom is 0.227 e. The molecule has 4 rings (SSSR count). The van der Waals surface area contributed by atoms with Gasteiger partial charge >= 0.3 is 0 Å². The van der Waals surface area contributed by atoms with Gasteiger partial charge in [-0.2, -0.15) is 4.98 Å². The maximum absolute atomic E-state index is 12.5. The number of nitrogens with zero attached hydrogens (tertiary/aromatic N) is 3. The van der Waals surface area contributed by atoms with Crippen LogP contribution >= 0.6 is 0 Å². The van der Waals surface area contributed by atoms with Crippen molar-refractivity contribution in [2.75, 3.05) is 6.54 Å². The van der Waals surface area contributed by atoms with Crippen molar-refractivity contribution in [1.29, 1.82) is 0 Å². The van der Waals surface area contributed by atoms with Crippen molar-refractivity contribution >= 4 is 11.8 Å². The van der Waals surface area contributed by atoms with Gasteiger partial charge in [-0.3, -0.25) is 14.5 Å². The summed E-state index contributed by atoms with van der Waals surface area (Å²) in [4.78, 5) is 31.5. The highest BCUT2D eigenvalue weighted by Crippen LogP contribution is 2.34. The Kier molecular flexibility index (Phi) is 9.13. The number of hydrogen-bond acceptors (Lipinski definition) is 6. The molecule has 0 radical (unpaired) electrons. The van der Waals surface area contributed by atoms with Gasteiger partial charge in [-0.1, -0.05) is 61.5 Å². The van der Waals surface area contributed by atoms with Crippen LogP contribution in [0.5, 0.6) is 0 Å². The molecule has 1 saturated carbocycles. The second kappa shape index (κ2) is 12.5. The number of carbonyl (C=O) groups excluding carboxylic acids is 2. The minimum Gasteiger partial charge on any atom is -0.352 e. The molecule has 1 aliphatic heterocycles. The Morgan fingerprint density at radius 1 is 1.06 bits per heavy atom. The van der Waals surface area contributed by atoms with E-state index in [0.717, 1.165) is 50.6 Å². The lowest BCUT2D eigenvalue weighted by Gasteiger charge is -2.33. The van der Waals surface area contributed by atoms with Crippen LogP contribution in [0.15, 0.2) is 28.8 Å². The Labute approximate surface area is 214 Å². The Morgan fingerprint density at radius 3 is 2.47 bits per heavy atom. The molecule has 1 aromatic carbocycles. The third kappa shape index (κ3) is 7.15. The zero-order chi connectivity index (χ0) is 25.4. The van der Waals surface area contributed by atoms with Crippen molar-refractivity contribution < 1.29 is 14.1 Å². The molecule has 1 saturated heterocycles. The van der Waals surface area contributed by atoms with Gasteiger partial charge in [0.2, 0.25) is 17.7 Å². The molecule has 0 bridgehead atoms. The first-order chi connectivity index (χ1) is 17.4. The molecule has 196 valence electrons. The normalized spacial score (nSPS) is 20.4. The van der Waals surface area contributed by atoms with Gasteiger partial charge in [0.05, 0.1) is 0 Å². The summed E-state index contributed by atoms with van der Waals surface area (Å²) in [7, 11) is 0. The van der Waals surface area contributed by atoms with Crippen LogP contribution in [0.2, 0.25) is 0 Å².